The summed E-state index contributed by atoms with van der Waals surface area (Å²) in [6, 6.07) is 9.07. The lowest BCUT2D eigenvalue weighted by atomic mass is 10.0. The number of ether oxygens (including phenoxy) is 2. The Kier molecular flexibility index (Phi) is 4.62. The fraction of sp³-hybridized carbons (Fsp3) is 0.588. The van der Waals surface area contributed by atoms with E-state index < -0.39 is 0 Å². The zero-order valence-corrected chi connectivity index (χ0v) is 12.4. The maximum atomic E-state index is 8.61. The fourth-order valence-corrected chi connectivity index (χ4v) is 3.26. The van der Waals surface area contributed by atoms with Crippen LogP contribution < -0.4 is 9.47 Å². The number of nitrogens with zero attached hydrogens (tertiary/aromatic N) is 2. The summed E-state index contributed by atoms with van der Waals surface area (Å²) in [7, 11) is 0. The molecule has 2 aliphatic rings. The van der Waals surface area contributed by atoms with E-state index in [-0.39, 0.29) is 0 Å². The van der Waals surface area contributed by atoms with E-state index in [9.17, 15) is 0 Å². The Bertz CT molecular complexity index is 524. The monoisotopic (exact) mass is 286 g/mol. The molecule has 0 saturated carbocycles. The molecule has 1 saturated heterocycles. The average Bonchev–Trinajstić information content (AvgIpc) is 2.99. The van der Waals surface area contributed by atoms with E-state index in [2.05, 4.69) is 23.1 Å². The molecule has 21 heavy (non-hydrogen) atoms. The van der Waals surface area contributed by atoms with Gasteiger partial charge in [0.15, 0.2) is 11.5 Å². The largest absolute Gasteiger partial charge is 0.486 e. The second-order valence-corrected chi connectivity index (χ2v) is 5.71. The predicted molar refractivity (Wildman–Crippen MR) is 80.4 cm³/mol. The van der Waals surface area contributed by atoms with Crippen LogP contribution in [-0.2, 0) is 0 Å². The first-order valence-electron chi connectivity index (χ1n) is 7.89. The van der Waals surface area contributed by atoms with Crippen molar-refractivity contribution < 1.29 is 9.47 Å². The molecule has 0 radical (unpaired) electrons. The van der Waals surface area contributed by atoms with Crippen LogP contribution in [0.4, 0.5) is 0 Å². The van der Waals surface area contributed by atoms with E-state index in [0.29, 0.717) is 25.7 Å². The molecule has 4 heteroatoms. The summed E-state index contributed by atoms with van der Waals surface area (Å²) >= 11 is 0. The van der Waals surface area contributed by atoms with Gasteiger partial charge in [-0.3, -0.25) is 4.90 Å². The van der Waals surface area contributed by atoms with Gasteiger partial charge in [-0.15, -0.1) is 0 Å². The van der Waals surface area contributed by atoms with Gasteiger partial charge in [0.05, 0.1) is 6.07 Å². The minimum absolute atomic E-state index is 0.489. The summed E-state index contributed by atoms with van der Waals surface area (Å²) < 4.78 is 11.3. The Morgan fingerprint density at radius 1 is 1.19 bits per heavy atom. The Hall–Kier alpha value is -1.73. The van der Waals surface area contributed by atoms with E-state index >= 15 is 0 Å². The summed E-state index contributed by atoms with van der Waals surface area (Å²) in [4.78, 5) is 2.54. The summed E-state index contributed by atoms with van der Waals surface area (Å²) in [5.74, 6) is 1.75. The Labute approximate surface area is 126 Å². The van der Waals surface area contributed by atoms with E-state index in [0.717, 1.165) is 37.4 Å². The molecule has 112 valence electrons. The lowest BCUT2D eigenvalue weighted by molar-refractivity contribution is 0.170. The van der Waals surface area contributed by atoms with Gasteiger partial charge in [-0.2, -0.15) is 5.26 Å². The van der Waals surface area contributed by atoms with Crippen LogP contribution in [0.15, 0.2) is 18.2 Å². The van der Waals surface area contributed by atoms with Crippen molar-refractivity contribution in [3.8, 4) is 17.6 Å². The quantitative estimate of drug-likeness (QED) is 0.779. The fourth-order valence-electron chi connectivity index (χ4n) is 3.26. The summed E-state index contributed by atoms with van der Waals surface area (Å²) in [5, 5.41) is 8.61. The molecule has 1 atom stereocenters. The molecule has 0 amide bonds. The zero-order chi connectivity index (χ0) is 14.5. The normalized spacial score (nSPS) is 21.2. The molecule has 0 bridgehead atoms. The number of hydrogen-bond acceptors (Lipinski definition) is 4. The smallest absolute Gasteiger partial charge is 0.161 e. The number of likely N-dealkylation sites (tertiary alicyclic amines) is 1. The molecule has 3 rings (SSSR count). The molecule has 0 aromatic heterocycles. The molecule has 0 spiro atoms. The Morgan fingerprint density at radius 2 is 2.05 bits per heavy atom. The van der Waals surface area contributed by atoms with E-state index in [4.69, 9.17) is 14.7 Å². The molecular formula is C17H22N2O2. The van der Waals surface area contributed by atoms with Crippen LogP contribution in [-0.4, -0.2) is 31.2 Å². The van der Waals surface area contributed by atoms with E-state index in [1.807, 2.05) is 6.07 Å². The van der Waals surface area contributed by atoms with Crippen LogP contribution in [0.1, 0.15) is 43.7 Å². The lowest BCUT2D eigenvalue weighted by Crippen LogP contribution is -2.24. The van der Waals surface area contributed by atoms with Crippen molar-refractivity contribution in [2.45, 2.75) is 38.1 Å². The van der Waals surface area contributed by atoms with Crippen molar-refractivity contribution in [1.29, 1.82) is 5.26 Å². The number of rotatable bonds is 5. The first kappa shape index (κ1) is 14.2. The molecule has 1 aromatic rings. The molecule has 0 N–H and O–H groups in total. The van der Waals surface area contributed by atoms with Crippen molar-refractivity contribution >= 4 is 0 Å². The molecule has 1 fully saturated rings. The third-order valence-corrected chi connectivity index (χ3v) is 4.30. The molecule has 2 heterocycles. The van der Waals surface area contributed by atoms with E-state index in [1.165, 1.54) is 18.4 Å². The highest BCUT2D eigenvalue weighted by Crippen LogP contribution is 2.38. The van der Waals surface area contributed by atoms with Crippen LogP contribution in [0.2, 0.25) is 0 Å². The molecule has 1 aromatic carbocycles. The van der Waals surface area contributed by atoms with Crippen LogP contribution in [0, 0.1) is 11.3 Å². The van der Waals surface area contributed by atoms with Gasteiger partial charge in [0.25, 0.3) is 0 Å². The standard InChI is InChI=1S/C17H22N2O2/c18-8-2-1-3-9-19-10-4-5-15(19)14-6-7-16-17(13-14)21-12-11-20-16/h6-7,13,15H,1-5,9-12H2. The number of fused-ring (bicyclic) bond motifs is 1. The highest BCUT2D eigenvalue weighted by atomic mass is 16.6. The number of hydrogen-bond donors (Lipinski definition) is 0. The summed E-state index contributed by atoms with van der Waals surface area (Å²) in [5.41, 5.74) is 1.33. The molecular weight excluding hydrogens is 264 g/mol. The van der Waals surface area contributed by atoms with Crippen molar-refractivity contribution in [3.05, 3.63) is 23.8 Å². The van der Waals surface area contributed by atoms with Gasteiger partial charge < -0.3 is 9.47 Å². The van der Waals surface area contributed by atoms with Crippen LogP contribution in [0.5, 0.6) is 11.5 Å². The maximum absolute atomic E-state index is 8.61. The van der Waals surface area contributed by atoms with Crippen molar-refractivity contribution in [3.63, 3.8) is 0 Å². The minimum atomic E-state index is 0.489. The van der Waals surface area contributed by atoms with Crippen LogP contribution in [0.3, 0.4) is 0 Å². The Morgan fingerprint density at radius 3 is 2.90 bits per heavy atom. The average molecular weight is 286 g/mol. The maximum Gasteiger partial charge on any atom is 0.161 e. The van der Waals surface area contributed by atoms with Gasteiger partial charge in [-0.1, -0.05) is 6.07 Å². The topological polar surface area (TPSA) is 45.5 Å². The van der Waals surface area contributed by atoms with Gasteiger partial charge in [-0.25, -0.2) is 0 Å². The minimum Gasteiger partial charge on any atom is -0.486 e. The third-order valence-electron chi connectivity index (χ3n) is 4.30. The van der Waals surface area contributed by atoms with Crippen LogP contribution >= 0.6 is 0 Å². The predicted octanol–water partition coefficient (Wildman–Crippen LogP) is 3.29. The van der Waals surface area contributed by atoms with Gasteiger partial charge >= 0.3 is 0 Å². The second-order valence-electron chi connectivity index (χ2n) is 5.71. The van der Waals surface area contributed by atoms with E-state index in [1.54, 1.807) is 0 Å². The zero-order valence-electron chi connectivity index (χ0n) is 12.4. The highest BCUT2D eigenvalue weighted by molar-refractivity contribution is 5.44. The van der Waals surface area contributed by atoms with Crippen molar-refractivity contribution in [2.75, 3.05) is 26.3 Å². The summed E-state index contributed by atoms with van der Waals surface area (Å²) in [6.07, 6.45) is 5.23. The number of benzene rings is 1. The van der Waals surface area contributed by atoms with Crippen molar-refractivity contribution in [2.24, 2.45) is 0 Å². The molecule has 2 aliphatic heterocycles. The van der Waals surface area contributed by atoms with Gasteiger partial charge in [0.2, 0.25) is 0 Å². The SMILES string of the molecule is N#CCCCCN1CCCC1c1ccc2c(c1)OCCO2. The third kappa shape index (κ3) is 3.30. The number of unbranched alkanes of at least 4 members (excludes halogenated alkanes) is 2. The van der Waals surface area contributed by atoms with Gasteiger partial charge in [0.1, 0.15) is 13.2 Å². The Balaban J connectivity index is 1.66. The first-order valence-corrected chi connectivity index (χ1v) is 7.89. The van der Waals surface area contributed by atoms with Crippen molar-refractivity contribution in [1.82, 2.24) is 4.90 Å². The first-order chi connectivity index (χ1) is 10.4. The number of nitriles is 1. The van der Waals surface area contributed by atoms with Gasteiger partial charge in [0, 0.05) is 12.5 Å². The lowest BCUT2D eigenvalue weighted by Gasteiger charge is -2.26. The highest BCUT2D eigenvalue weighted by Gasteiger charge is 2.26. The molecule has 4 nitrogen and oxygen atoms in total. The second kappa shape index (κ2) is 6.82. The molecule has 1 unspecified atom stereocenters. The molecule has 0 aliphatic carbocycles. The van der Waals surface area contributed by atoms with Crippen LogP contribution in [0.25, 0.3) is 0 Å². The summed E-state index contributed by atoms with van der Waals surface area (Å²) in [6.45, 7) is 3.52. The van der Waals surface area contributed by atoms with Gasteiger partial charge in [-0.05, 0) is 56.5 Å².